The third kappa shape index (κ3) is 3.85. The van der Waals surface area contributed by atoms with Gasteiger partial charge in [0.2, 0.25) is 0 Å². The summed E-state index contributed by atoms with van der Waals surface area (Å²) in [5.41, 5.74) is 3.81. The standard InChI is InChI=1S/C18H29NO2/c1-5-19-17(16-12-14(3)11-15(4)13-16)18(21-6-2)7-9-20-10-8-18/h11-13,17,19H,5-10H2,1-4H3. The molecule has 0 radical (unpaired) electrons. The van der Waals surface area contributed by atoms with Gasteiger partial charge in [0.1, 0.15) is 0 Å². The topological polar surface area (TPSA) is 30.5 Å². The van der Waals surface area contributed by atoms with E-state index in [9.17, 15) is 0 Å². The molecule has 0 bridgehead atoms. The highest BCUT2D eigenvalue weighted by atomic mass is 16.5. The SMILES string of the molecule is CCNC(c1cc(C)cc(C)c1)C1(OCC)CCOCC1. The second kappa shape index (κ2) is 7.39. The molecule has 1 saturated heterocycles. The number of hydrogen-bond acceptors (Lipinski definition) is 3. The summed E-state index contributed by atoms with van der Waals surface area (Å²) in [6, 6.07) is 7.03. The van der Waals surface area contributed by atoms with Crippen molar-refractivity contribution in [3.8, 4) is 0 Å². The first-order valence-corrected chi connectivity index (χ1v) is 8.14. The Morgan fingerprint density at radius 2 is 1.76 bits per heavy atom. The molecule has 0 spiro atoms. The van der Waals surface area contributed by atoms with Crippen LogP contribution in [0.3, 0.4) is 0 Å². The molecule has 118 valence electrons. The Hall–Kier alpha value is -0.900. The molecule has 0 saturated carbocycles. The zero-order valence-corrected chi connectivity index (χ0v) is 13.9. The van der Waals surface area contributed by atoms with Gasteiger partial charge in [-0.05, 0) is 32.9 Å². The molecular weight excluding hydrogens is 262 g/mol. The van der Waals surface area contributed by atoms with Crippen molar-refractivity contribution in [1.82, 2.24) is 5.32 Å². The lowest BCUT2D eigenvalue weighted by molar-refractivity contribution is -0.127. The highest BCUT2D eigenvalue weighted by Crippen LogP contribution is 2.38. The Labute approximate surface area is 129 Å². The molecule has 1 fully saturated rings. The highest BCUT2D eigenvalue weighted by molar-refractivity contribution is 5.32. The van der Waals surface area contributed by atoms with Crippen LogP contribution in [-0.4, -0.2) is 32.0 Å². The molecule has 3 heteroatoms. The van der Waals surface area contributed by atoms with E-state index < -0.39 is 0 Å². The summed E-state index contributed by atoms with van der Waals surface area (Å²) >= 11 is 0. The molecule has 21 heavy (non-hydrogen) atoms. The van der Waals surface area contributed by atoms with E-state index in [1.54, 1.807) is 0 Å². The van der Waals surface area contributed by atoms with Gasteiger partial charge in [0.05, 0.1) is 11.6 Å². The van der Waals surface area contributed by atoms with Crippen molar-refractivity contribution in [3.63, 3.8) is 0 Å². The number of aryl methyl sites for hydroxylation is 2. The number of rotatable bonds is 6. The molecule has 0 aliphatic carbocycles. The Bertz CT molecular complexity index is 427. The molecule has 1 heterocycles. The first kappa shape index (κ1) is 16.5. The van der Waals surface area contributed by atoms with Crippen molar-refractivity contribution in [2.75, 3.05) is 26.4 Å². The minimum atomic E-state index is -0.150. The van der Waals surface area contributed by atoms with Crippen LogP contribution in [0.2, 0.25) is 0 Å². The fraction of sp³-hybridized carbons (Fsp3) is 0.667. The van der Waals surface area contributed by atoms with Gasteiger partial charge in [-0.2, -0.15) is 0 Å². The Morgan fingerprint density at radius 3 is 2.29 bits per heavy atom. The summed E-state index contributed by atoms with van der Waals surface area (Å²) < 4.78 is 11.9. The largest absolute Gasteiger partial charge is 0.381 e. The van der Waals surface area contributed by atoms with Gasteiger partial charge in [0.25, 0.3) is 0 Å². The second-order valence-corrected chi connectivity index (χ2v) is 6.02. The van der Waals surface area contributed by atoms with Crippen LogP contribution >= 0.6 is 0 Å². The van der Waals surface area contributed by atoms with Gasteiger partial charge in [-0.1, -0.05) is 36.2 Å². The number of nitrogens with one attached hydrogen (secondary N) is 1. The molecule has 3 nitrogen and oxygen atoms in total. The molecule has 1 unspecified atom stereocenters. The van der Waals surface area contributed by atoms with Crippen LogP contribution in [0.15, 0.2) is 18.2 Å². The summed E-state index contributed by atoms with van der Waals surface area (Å²) in [5.74, 6) is 0. The van der Waals surface area contributed by atoms with Gasteiger partial charge in [0, 0.05) is 32.7 Å². The van der Waals surface area contributed by atoms with Gasteiger partial charge in [-0.3, -0.25) is 0 Å². The molecule has 0 amide bonds. The lowest BCUT2D eigenvalue weighted by atomic mass is 9.81. The smallest absolute Gasteiger partial charge is 0.0919 e. The van der Waals surface area contributed by atoms with E-state index in [4.69, 9.17) is 9.47 Å². The molecule has 1 aliphatic heterocycles. The average Bonchev–Trinajstić information content (AvgIpc) is 2.45. The maximum absolute atomic E-state index is 6.28. The van der Waals surface area contributed by atoms with Crippen molar-refractivity contribution < 1.29 is 9.47 Å². The van der Waals surface area contributed by atoms with Crippen molar-refractivity contribution in [2.45, 2.75) is 52.2 Å². The maximum Gasteiger partial charge on any atom is 0.0919 e. The summed E-state index contributed by atoms with van der Waals surface area (Å²) in [6.45, 7) is 11.8. The van der Waals surface area contributed by atoms with Crippen LogP contribution in [0.1, 0.15) is 49.4 Å². The normalized spacial score (nSPS) is 19.4. The van der Waals surface area contributed by atoms with Gasteiger partial charge < -0.3 is 14.8 Å². The maximum atomic E-state index is 6.28. The van der Waals surface area contributed by atoms with Crippen LogP contribution < -0.4 is 5.32 Å². The minimum Gasteiger partial charge on any atom is -0.381 e. The predicted molar refractivity (Wildman–Crippen MR) is 86.7 cm³/mol. The quantitative estimate of drug-likeness (QED) is 0.869. The fourth-order valence-electron chi connectivity index (χ4n) is 3.51. The lowest BCUT2D eigenvalue weighted by Gasteiger charge is -2.43. The summed E-state index contributed by atoms with van der Waals surface area (Å²) in [7, 11) is 0. The minimum absolute atomic E-state index is 0.150. The van der Waals surface area contributed by atoms with E-state index in [1.807, 2.05) is 0 Å². The number of benzene rings is 1. The highest BCUT2D eigenvalue weighted by Gasteiger charge is 2.41. The Balaban J connectivity index is 2.38. The van der Waals surface area contributed by atoms with E-state index in [0.717, 1.165) is 39.2 Å². The van der Waals surface area contributed by atoms with Crippen molar-refractivity contribution in [1.29, 1.82) is 0 Å². The van der Waals surface area contributed by atoms with Gasteiger partial charge in [-0.25, -0.2) is 0 Å². The molecule has 1 aliphatic rings. The predicted octanol–water partition coefficient (Wildman–Crippen LogP) is 3.54. The summed E-state index contributed by atoms with van der Waals surface area (Å²) in [4.78, 5) is 0. The molecule has 1 atom stereocenters. The van der Waals surface area contributed by atoms with Crippen molar-refractivity contribution >= 4 is 0 Å². The van der Waals surface area contributed by atoms with E-state index in [2.05, 4.69) is 51.2 Å². The molecule has 1 N–H and O–H groups in total. The second-order valence-electron chi connectivity index (χ2n) is 6.02. The van der Waals surface area contributed by atoms with E-state index in [1.165, 1.54) is 16.7 Å². The Kier molecular flexibility index (Phi) is 5.80. The molecule has 1 aromatic rings. The molecule has 0 aromatic heterocycles. The van der Waals surface area contributed by atoms with Gasteiger partial charge in [-0.15, -0.1) is 0 Å². The van der Waals surface area contributed by atoms with Crippen molar-refractivity contribution in [3.05, 3.63) is 34.9 Å². The number of hydrogen-bond donors (Lipinski definition) is 1. The van der Waals surface area contributed by atoms with Gasteiger partial charge in [0.15, 0.2) is 0 Å². The first-order chi connectivity index (χ1) is 10.1. The van der Waals surface area contributed by atoms with Crippen molar-refractivity contribution in [2.24, 2.45) is 0 Å². The lowest BCUT2D eigenvalue weighted by Crippen LogP contribution is -2.50. The van der Waals surface area contributed by atoms with E-state index >= 15 is 0 Å². The fourth-order valence-corrected chi connectivity index (χ4v) is 3.51. The monoisotopic (exact) mass is 291 g/mol. The zero-order chi connectivity index (χ0) is 15.3. The first-order valence-electron chi connectivity index (χ1n) is 8.14. The van der Waals surface area contributed by atoms with Crippen LogP contribution in [-0.2, 0) is 9.47 Å². The zero-order valence-electron chi connectivity index (χ0n) is 13.9. The summed E-state index contributed by atoms with van der Waals surface area (Å²) in [5, 5.41) is 3.67. The Morgan fingerprint density at radius 1 is 1.14 bits per heavy atom. The third-order valence-electron chi connectivity index (χ3n) is 4.28. The molecule has 2 rings (SSSR count). The van der Waals surface area contributed by atoms with Crippen LogP contribution in [0.5, 0.6) is 0 Å². The van der Waals surface area contributed by atoms with Crippen LogP contribution in [0, 0.1) is 13.8 Å². The summed E-state index contributed by atoms with van der Waals surface area (Å²) in [6.07, 6.45) is 1.90. The number of likely N-dealkylation sites (N-methyl/N-ethyl adjacent to an activating group) is 1. The van der Waals surface area contributed by atoms with Crippen LogP contribution in [0.25, 0.3) is 0 Å². The van der Waals surface area contributed by atoms with E-state index in [-0.39, 0.29) is 11.6 Å². The van der Waals surface area contributed by atoms with Crippen LogP contribution in [0.4, 0.5) is 0 Å². The van der Waals surface area contributed by atoms with Gasteiger partial charge >= 0.3 is 0 Å². The third-order valence-corrected chi connectivity index (χ3v) is 4.28. The molecular formula is C18H29NO2. The average molecular weight is 291 g/mol. The molecule has 1 aromatic carbocycles. The number of ether oxygens (including phenoxy) is 2. The van der Waals surface area contributed by atoms with E-state index in [0.29, 0.717) is 0 Å².